The molecule has 2 aromatic carbocycles. The van der Waals surface area contributed by atoms with Crippen LogP contribution in [-0.4, -0.2) is 36.1 Å². The van der Waals surface area contributed by atoms with E-state index in [-0.39, 0.29) is 23.0 Å². The van der Waals surface area contributed by atoms with Gasteiger partial charge in [0.15, 0.2) is 0 Å². The fourth-order valence-electron chi connectivity index (χ4n) is 4.32. The minimum atomic E-state index is 0.0686. The smallest absolute Gasteiger partial charge is 0.228 e. The summed E-state index contributed by atoms with van der Waals surface area (Å²) in [5, 5.41) is 13.7. The van der Waals surface area contributed by atoms with Crippen molar-refractivity contribution in [2.45, 2.75) is 25.8 Å². The molecule has 1 heterocycles. The number of aromatic hydroxyl groups is 1. The summed E-state index contributed by atoms with van der Waals surface area (Å²) in [6.45, 7) is 2.52. The van der Waals surface area contributed by atoms with Crippen molar-refractivity contribution in [1.29, 1.82) is 0 Å². The third-order valence-corrected chi connectivity index (χ3v) is 6.39. The molecule has 1 aliphatic heterocycles. The van der Waals surface area contributed by atoms with Crippen LogP contribution in [0.15, 0.2) is 42.5 Å². The normalized spacial score (nSPS) is 20.7. The highest BCUT2D eigenvalue weighted by molar-refractivity contribution is 6.30. The molecule has 0 aromatic heterocycles. The quantitative estimate of drug-likeness (QED) is 0.785. The number of hydrogen-bond acceptors (Lipinski definition) is 4. The number of carbonyl (C=O) groups is 1. The second kappa shape index (κ2) is 7.64. The molecular formula is C22H25ClN2O3. The molecule has 1 amide bonds. The number of carbonyl (C=O) groups excluding carboxylic acids is 1. The molecule has 5 nitrogen and oxygen atoms in total. The van der Waals surface area contributed by atoms with Crippen molar-refractivity contribution < 1.29 is 14.6 Å². The van der Waals surface area contributed by atoms with Crippen molar-refractivity contribution in [3.05, 3.63) is 53.1 Å². The largest absolute Gasteiger partial charge is 0.508 e. The zero-order valence-corrected chi connectivity index (χ0v) is 16.7. The van der Waals surface area contributed by atoms with Crippen LogP contribution >= 0.6 is 11.6 Å². The van der Waals surface area contributed by atoms with Gasteiger partial charge in [-0.05, 0) is 68.1 Å². The molecule has 1 aliphatic carbocycles. The molecule has 2 fully saturated rings. The number of phenols is 1. The number of amides is 1. The van der Waals surface area contributed by atoms with Gasteiger partial charge < -0.3 is 15.2 Å². The van der Waals surface area contributed by atoms with Crippen molar-refractivity contribution in [1.82, 2.24) is 4.90 Å². The molecule has 4 rings (SSSR count). The van der Waals surface area contributed by atoms with Gasteiger partial charge in [0, 0.05) is 23.0 Å². The molecule has 2 aromatic rings. The van der Waals surface area contributed by atoms with E-state index < -0.39 is 0 Å². The number of anilines is 1. The fourth-order valence-corrected chi connectivity index (χ4v) is 4.51. The van der Waals surface area contributed by atoms with E-state index in [1.54, 1.807) is 19.2 Å². The van der Waals surface area contributed by atoms with Crippen molar-refractivity contribution in [3.63, 3.8) is 0 Å². The lowest BCUT2D eigenvalue weighted by molar-refractivity contribution is -0.118. The van der Waals surface area contributed by atoms with E-state index >= 15 is 0 Å². The van der Waals surface area contributed by atoms with E-state index in [1.165, 1.54) is 0 Å². The molecular weight excluding hydrogens is 376 g/mol. The zero-order valence-electron chi connectivity index (χ0n) is 16.0. The molecule has 1 unspecified atom stereocenters. The number of nitrogens with one attached hydrogen (secondary N) is 1. The van der Waals surface area contributed by atoms with Crippen LogP contribution < -0.4 is 10.1 Å². The number of nitrogens with zero attached hydrogens (tertiary/aromatic N) is 1. The van der Waals surface area contributed by atoms with Gasteiger partial charge in [0.2, 0.25) is 5.91 Å². The molecule has 28 heavy (non-hydrogen) atoms. The zero-order chi connectivity index (χ0) is 19.7. The topological polar surface area (TPSA) is 61.8 Å². The highest BCUT2D eigenvalue weighted by atomic mass is 35.5. The standard InChI is InChI=1S/C22H25ClN2O3/c1-28-20-5-3-2-4-18(20)24-21(27)17-13-22(17)8-10-25(11-9-22)14-15-12-16(23)6-7-19(15)26/h2-7,12,17,26H,8-11,13-14H2,1H3,(H,24,27). The second-order valence-corrected chi connectivity index (χ2v) is 8.29. The molecule has 6 heteroatoms. The Morgan fingerprint density at radius 2 is 2.04 bits per heavy atom. The molecule has 148 valence electrons. The number of rotatable bonds is 5. The molecule has 2 N–H and O–H groups in total. The Labute approximate surface area is 170 Å². The van der Waals surface area contributed by atoms with E-state index in [2.05, 4.69) is 10.2 Å². The first kappa shape index (κ1) is 19.1. The van der Waals surface area contributed by atoms with Crippen molar-refractivity contribution in [2.24, 2.45) is 11.3 Å². The number of ether oxygens (including phenoxy) is 1. The summed E-state index contributed by atoms with van der Waals surface area (Å²) in [6, 6.07) is 12.7. The number of likely N-dealkylation sites (tertiary alicyclic amines) is 1. The van der Waals surface area contributed by atoms with Gasteiger partial charge >= 0.3 is 0 Å². The highest BCUT2D eigenvalue weighted by Gasteiger charge is 2.58. The Bertz CT molecular complexity index is 878. The number of methoxy groups -OCH3 is 1. The van der Waals surface area contributed by atoms with E-state index in [9.17, 15) is 9.90 Å². The number of piperidine rings is 1. The molecule has 1 atom stereocenters. The van der Waals surface area contributed by atoms with Crippen LogP contribution in [0.5, 0.6) is 11.5 Å². The summed E-state index contributed by atoms with van der Waals surface area (Å²) < 4.78 is 5.32. The number of halogens is 1. The van der Waals surface area contributed by atoms with E-state index in [4.69, 9.17) is 16.3 Å². The summed E-state index contributed by atoms with van der Waals surface area (Å²) >= 11 is 6.05. The average molecular weight is 401 g/mol. The van der Waals surface area contributed by atoms with Crippen LogP contribution in [0.2, 0.25) is 5.02 Å². The Hall–Kier alpha value is -2.24. The number of benzene rings is 2. The van der Waals surface area contributed by atoms with Crippen molar-refractivity contribution >= 4 is 23.2 Å². The lowest BCUT2D eigenvalue weighted by Crippen LogP contribution is -2.35. The SMILES string of the molecule is COc1ccccc1NC(=O)C1CC12CCN(Cc1cc(Cl)ccc1O)CC2. The van der Waals surface area contributed by atoms with Crippen LogP contribution in [0.3, 0.4) is 0 Å². The molecule has 2 aliphatic rings. The van der Waals surface area contributed by atoms with Crippen molar-refractivity contribution in [3.8, 4) is 11.5 Å². The summed E-state index contributed by atoms with van der Waals surface area (Å²) in [5.41, 5.74) is 1.70. The predicted octanol–water partition coefficient (Wildman–Crippen LogP) is 4.30. The minimum absolute atomic E-state index is 0.0686. The molecule has 0 radical (unpaired) electrons. The Morgan fingerprint density at radius 3 is 2.79 bits per heavy atom. The number of phenolic OH excluding ortho intramolecular Hbond substituents is 1. The summed E-state index contributed by atoms with van der Waals surface area (Å²) in [7, 11) is 1.61. The Balaban J connectivity index is 1.33. The number of hydrogen-bond donors (Lipinski definition) is 2. The molecule has 1 saturated carbocycles. The van der Waals surface area contributed by atoms with Gasteiger partial charge in [0.25, 0.3) is 0 Å². The van der Waals surface area contributed by atoms with Crippen LogP contribution in [0.4, 0.5) is 5.69 Å². The summed E-state index contributed by atoms with van der Waals surface area (Å²) in [4.78, 5) is 15.1. The first-order valence-electron chi connectivity index (χ1n) is 9.64. The molecule has 0 bridgehead atoms. The van der Waals surface area contributed by atoms with Gasteiger partial charge in [0.05, 0.1) is 12.8 Å². The second-order valence-electron chi connectivity index (χ2n) is 7.86. The minimum Gasteiger partial charge on any atom is -0.508 e. The number of para-hydroxylation sites is 2. The van der Waals surface area contributed by atoms with Gasteiger partial charge in [-0.3, -0.25) is 9.69 Å². The van der Waals surface area contributed by atoms with Crippen LogP contribution in [-0.2, 0) is 11.3 Å². The maximum absolute atomic E-state index is 12.7. The third kappa shape index (κ3) is 3.82. The third-order valence-electron chi connectivity index (χ3n) is 6.16. The Kier molecular flexibility index (Phi) is 5.21. The Morgan fingerprint density at radius 1 is 1.29 bits per heavy atom. The van der Waals surface area contributed by atoms with Crippen LogP contribution in [0.25, 0.3) is 0 Å². The fraction of sp³-hybridized carbons (Fsp3) is 0.409. The van der Waals surface area contributed by atoms with Gasteiger partial charge in [-0.15, -0.1) is 0 Å². The lowest BCUT2D eigenvalue weighted by Gasteiger charge is -2.33. The van der Waals surface area contributed by atoms with Gasteiger partial charge in [-0.25, -0.2) is 0 Å². The van der Waals surface area contributed by atoms with Gasteiger partial charge in [-0.2, -0.15) is 0 Å². The predicted molar refractivity (Wildman–Crippen MR) is 110 cm³/mol. The van der Waals surface area contributed by atoms with E-state index in [0.29, 0.717) is 17.3 Å². The van der Waals surface area contributed by atoms with Gasteiger partial charge in [-0.1, -0.05) is 23.7 Å². The lowest BCUT2D eigenvalue weighted by atomic mass is 9.90. The summed E-state index contributed by atoms with van der Waals surface area (Å²) in [5.74, 6) is 1.12. The van der Waals surface area contributed by atoms with Crippen LogP contribution in [0, 0.1) is 11.3 Å². The first-order chi connectivity index (χ1) is 13.5. The van der Waals surface area contributed by atoms with E-state index in [0.717, 1.165) is 43.6 Å². The first-order valence-corrected chi connectivity index (χ1v) is 10.0. The maximum Gasteiger partial charge on any atom is 0.228 e. The van der Waals surface area contributed by atoms with Crippen LogP contribution in [0.1, 0.15) is 24.8 Å². The highest BCUT2D eigenvalue weighted by Crippen LogP contribution is 2.59. The average Bonchev–Trinajstić information content (AvgIpc) is 3.41. The summed E-state index contributed by atoms with van der Waals surface area (Å²) in [6.07, 6.45) is 2.95. The van der Waals surface area contributed by atoms with Crippen molar-refractivity contribution in [2.75, 3.05) is 25.5 Å². The maximum atomic E-state index is 12.7. The van der Waals surface area contributed by atoms with Gasteiger partial charge in [0.1, 0.15) is 11.5 Å². The molecule has 1 saturated heterocycles. The van der Waals surface area contributed by atoms with E-state index in [1.807, 2.05) is 30.3 Å². The monoisotopic (exact) mass is 400 g/mol. The molecule has 1 spiro atoms.